The van der Waals surface area contributed by atoms with E-state index in [-0.39, 0.29) is 18.5 Å². The van der Waals surface area contributed by atoms with Crippen molar-refractivity contribution in [1.82, 2.24) is 10.1 Å². The summed E-state index contributed by atoms with van der Waals surface area (Å²) in [5, 5.41) is 9.00. The highest BCUT2D eigenvalue weighted by atomic mass is 16.6. The van der Waals surface area contributed by atoms with Crippen LogP contribution in [0.3, 0.4) is 0 Å². The largest absolute Gasteiger partial charge is 0.452 e. The SMILES string of the molecule is Cc1noc(COC(=O)c2ccc(NC(=O)Nc3ccccc3)cc2)n1. The Balaban J connectivity index is 1.52. The number of para-hydroxylation sites is 1. The standard InChI is InChI=1S/C18H16N4O4/c1-12-19-16(26-22-12)11-25-17(23)13-7-9-15(10-8-13)21-18(24)20-14-5-3-2-4-6-14/h2-10H,11H2,1H3,(H2,20,21,24). The molecule has 132 valence electrons. The molecule has 0 aliphatic heterocycles. The number of aromatic nitrogens is 2. The predicted octanol–water partition coefficient (Wildman–Crippen LogP) is 3.38. The van der Waals surface area contributed by atoms with E-state index in [9.17, 15) is 9.59 Å². The summed E-state index contributed by atoms with van der Waals surface area (Å²) in [7, 11) is 0. The van der Waals surface area contributed by atoms with Crippen molar-refractivity contribution in [3.8, 4) is 0 Å². The molecule has 0 aliphatic carbocycles. The lowest BCUT2D eigenvalue weighted by atomic mass is 10.2. The smallest absolute Gasteiger partial charge is 0.338 e. The number of esters is 1. The number of aryl methyl sites for hydroxylation is 1. The highest BCUT2D eigenvalue weighted by Gasteiger charge is 2.11. The number of hydrogen-bond donors (Lipinski definition) is 2. The molecule has 1 heterocycles. The van der Waals surface area contributed by atoms with E-state index in [1.54, 1.807) is 43.3 Å². The first kappa shape index (κ1) is 17.2. The summed E-state index contributed by atoms with van der Waals surface area (Å²) in [5.74, 6) is 0.174. The molecule has 0 unspecified atom stereocenters. The van der Waals surface area contributed by atoms with Crippen LogP contribution >= 0.6 is 0 Å². The Labute approximate surface area is 149 Å². The lowest BCUT2D eigenvalue weighted by molar-refractivity contribution is 0.0430. The van der Waals surface area contributed by atoms with Crippen molar-refractivity contribution in [3.63, 3.8) is 0 Å². The van der Waals surface area contributed by atoms with Gasteiger partial charge in [0.25, 0.3) is 5.89 Å². The van der Waals surface area contributed by atoms with E-state index in [2.05, 4.69) is 20.8 Å². The normalized spacial score (nSPS) is 10.2. The van der Waals surface area contributed by atoms with E-state index in [1.165, 1.54) is 0 Å². The molecule has 3 aromatic rings. The summed E-state index contributed by atoms with van der Waals surface area (Å²) in [4.78, 5) is 27.9. The van der Waals surface area contributed by atoms with Gasteiger partial charge in [0.15, 0.2) is 12.4 Å². The van der Waals surface area contributed by atoms with Gasteiger partial charge in [-0.3, -0.25) is 0 Å². The monoisotopic (exact) mass is 352 g/mol. The van der Waals surface area contributed by atoms with Gasteiger partial charge in [0.1, 0.15) is 0 Å². The Hall–Kier alpha value is -3.68. The molecular weight excluding hydrogens is 336 g/mol. The minimum absolute atomic E-state index is 0.0981. The molecule has 0 fully saturated rings. The Morgan fingerprint density at radius 1 is 1.00 bits per heavy atom. The maximum Gasteiger partial charge on any atom is 0.338 e. The Morgan fingerprint density at radius 3 is 2.27 bits per heavy atom. The van der Waals surface area contributed by atoms with Crippen molar-refractivity contribution in [1.29, 1.82) is 0 Å². The Kier molecular flexibility index (Phi) is 5.23. The van der Waals surface area contributed by atoms with Gasteiger partial charge in [0, 0.05) is 11.4 Å². The summed E-state index contributed by atoms with van der Waals surface area (Å²) in [6.45, 7) is 1.58. The van der Waals surface area contributed by atoms with Gasteiger partial charge < -0.3 is 19.9 Å². The van der Waals surface area contributed by atoms with Crippen LogP contribution in [0, 0.1) is 6.92 Å². The van der Waals surface area contributed by atoms with Crippen molar-refractivity contribution in [3.05, 3.63) is 71.9 Å². The molecule has 26 heavy (non-hydrogen) atoms. The van der Waals surface area contributed by atoms with E-state index in [0.29, 0.717) is 22.8 Å². The predicted molar refractivity (Wildman–Crippen MR) is 93.7 cm³/mol. The van der Waals surface area contributed by atoms with Crippen molar-refractivity contribution in [2.24, 2.45) is 0 Å². The molecule has 2 N–H and O–H groups in total. The molecule has 2 amide bonds. The Morgan fingerprint density at radius 2 is 1.65 bits per heavy atom. The fourth-order valence-electron chi connectivity index (χ4n) is 2.11. The van der Waals surface area contributed by atoms with E-state index in [1.807, 2.05) is 18.2 Å². The summed E-state index contributed by atoms with van der Waals surface area (Å²) in [6, 6.07) is 15.0. The van der Waals surface area contributed by atoms with Crippen LogP contribution < -0.4 is 10.6 Å². The molecule has 0 aliphatic rings. The molecule has 3 rings (SSSR count). The summed E-state index contributed by atoms with van der Waals surface area (Å²) >= 11 is 0. The number of hydrogen-bond acceptors (Lipinski definition) is 6. The van der Waals surface area contributed by atoms with Crippen LogP contribution in [0.1, 0.15) is 22.1 Å². The highest BCUT2D eigenvalue weighted by Crippen LogP contribution is 2.13. The molecule has 0 atom stereocenters. The van der Waals surface area contributed by atoms with E-state index in [4.69, 9.17) is 9.26 Å². The lowest BCUT2D eigenvalue weighted by Crippen LogP contribution is -2.19. The third-order valence-electron chi connectivity index (χ3n) is 3.31. The minimum Gasteiger partial charge on any atom is -0.452 e. The van der Waals surface area contributed by atoms with Gasteiger partial charge in [0.2, 0.25) is 0 Å². The molecule has 1 aromatic heterocycles. The van der Waals surface area contributed by atoms with Crippen LogP contribution in [0.25, 0.3) is 0 Å². The number of amides is 2. The van der Waals surface area contributed by atoms with E-state index < -0.39 is 5.97 Å². The molecule has 8 nitrogen and oxygen atoms in total. The molecule has 8 heteroatoms. The summed E-state index contributed by atoms with van der Waals surface area (Å²) in [5.41, 5.74) is 1.57. The molecule has 0 bridgehead atoms. The zero-order valence-electron chi connectivity index (χ0n) is 13.9. The number of benzene rings is 2. The molecule has 0 saturated heterocycles. The van der Waals surface area contributed by atoms with Gasteiger partial charge in [-0.15, -0.1) is 0 Å². The maximum absolute atomic E-state index is 12.0. The first-order chi connectivity index (χ1) is 12.6. The topological polar surface area (TPSA) is 106 Å². The second kappa shape index (κ2) is 7.93. The molecule has 0 spiro atoms. The van der Waals surface area contributed by atoms with Crippen LogP contribution in [0.4, 0.5) is 16.2 Å². The van der Waals surface area contributed by atoms with Gasteiger partial charge in [-0.2, -0.15) is 4.98 Å². The van der Waals surface area contributed by atoms with Gasteiger partial charge in [-0.1, -0.05) is 23.4 Å². The minimum atomic E-state index is -0.527. The van der Waals surface area contributed by atoms with E-state index in [0.717, 1.165) is 0 Å². The van der Waals surface area contributed by atoms with Crippen LogP contribution in [0.5, 0.6) is 0 Å². The number of carbonyl (C=O) groups is 2. The van der Waals surface area contributed by atoms with Crippen LogP contribution in [-0.2, 0) is 11.3 Å². The molecule has 0 saturated carbocycles. The first-order valence-electron chi connectivity index (χ1n) is 7.79. The third-order valence-corrected chi connectivity index (χ3v) is 3.31. The van der Waals surface area contributed by atoms with Gasteiger partial charge in [-0.05, 0) is 43.3 Å². The zero-order chi connectivity index (χ0) is 18.4. The number of rotatable bonds is 5. The highest BCUT2D eigenvalue weighted by molar-refractivity contribution is 6.00. The Bertz CT molecular complexity index is 891. The van der Waals surface area contributed by atoms with Crippen LogP contribution in [0.2, 0.25) is 0 Å². The molecule has 0 radical (unpaired) electrons. The lowest BCUT2D eigenvalue weighted by Gasteiger charge is -2.08. The number of urea groups is 1. The third kappa shape index (κ3) is 4.67. The number of anilines is 2. The fourth-order valence-corrected chi connectivity index (χ4v) is 2.11. The second-order valence-corrected chi connectivity index (χ2v) is 5.33. The number of nitrogens with one attached hydrogen (secondary N) is 2. The number of carbonyl (C=O) groups excluding carboxylic acids is 2. The summed E-state index contributed by atoms with van der Waals surface area (Å²) < 4.78 is 9.96. The molecule has 2 aromatic carbocycles. The summed E-state index contributed by atoms with van der Waals surface area (Å²) in [6.07, 6.45) is 0. The first-order valence-corrected chi connectivity index (χ1v) is 7.79. The second-order valence-electron chi connectivity index (χ2n) is 5.33. The number of ether oxygens (including phenoxy) is 1. The van der Waals surface area contributed by atoms with Gasteiger partial charge in [-0.25, -0.2) is 9.59 Å². The maximum atomic E-state index is 12.0. The fraction of sp³-hybridized carbons (Fsp3) is 0.111. The average molecular weight is 352 g/mol. The van der Waals surface area contributed by atoms with Crippen molar-refractivity contribution in [2.75, 3.05) is 10.6 Å². The van der Waals surface area contributed by atoms with Gasteiger partial charge in [0.05, 0.1) is 5.56 Å². The van der Waals surface area contributed by atoms with Crippen molar-refractivity contribution >= 4 is 23.4 Å². The van der Waals surface area contributed by atoms with Crippen molar-refractivity contribution in [2.45, 2.75) is 13.5 Å². The van der Waals surface area contributed by atoms with Crippen LogP contribution in [-0.4, -0.2) is 22.1 Å². The average Bonchev–Trinajstić information content (AvgIpc) is 3.06. The van der Waals surface area contributed by atoms with E-state index >= 15 is 0 Å². The zero-order valence-corrected chi connectivity index (χ0v) is 13.9. The quantitative estimate of drug-likeness (QED) is 0.682. The van der Waals surface area contributed by atoms with Crippen molar-refractivity contribution < 1.29 is 18.8 Å². The van der Waals surface area contributed by atoms with Gasteiger partial charge >= 0.3 is 12.0 Å². The molecular formula is C18H16N4O4. The van der Waals surface area contributed by atoms with Crippen LogP contribution in [0.15, 0.2) is 59.1 Å². The number of nitrogens with zero attached hydrogens (tertiary/aromatic N) is 2.